The first kappa shape index (κ1) is 17.6. The number of aromatic nitrogens is 1. The molecule has 132 valence electrons. The fraction of sp³-hybridized carbons (Fsp3) is 0.368. The van der Waals surface area contributed by atoms with Gasteiger partial charge in [-0.05, 0) is 36.3 Å². The number of carbonyl (C=O) groups excluding carboxylic acids is 1. The van der Waals surface area contributed by atoms with Gasteiger partial charge in [-0.15, -0.1) is 0 Å². The maximum absolute atomic E-state index is 12.2. The molecule has 2 aromatic rings. The van der Waals surface area contributed by atoms with Gasteiger partial charge in [0.1, 0.15) is 11.9 Å². The summed E-state index contributed by atoms with van der Waals surface area (Å²) >= 11 is 1.89. The summed E-state index contributed by atoms with van der Waals surface area (Å²) in [5, 5.41) is 2.91. The number of carbonyl (C=O) groups is 1. The van der Waals surface area contributed by atoms with Crippen LogP contribution in [0.2, 0.25) is 0 Å². The van der Waals surface area contributed by atoms with Crippen molar-refractivity contribution in [1.29, 1.82) is 0 Å². The van der Waals surface area contributed by atoms with Crippen LogP contribution in [0.3, 0.4) is 0 Å². The van der Waals surface area contributed by atoms with Crippen molar-refractivity contribution in [1.82, 2.24) is 10.3 Å². The van der Waals surface area contributed by atoms with Gasteiger partial charge < -0.3 is 14.8 Å². The van der Waals surface area contributed by atoms with Crippen LogP contribution < -0.4 is 14.8 Å². The molecule has 1 fully saturated rings. The zero-order chi connectivity index (χ0) is 17.5. The van der Waals surface area contributed by atoms with Crippen LogP contribution in [-0.2, 0) is 6.42 Å². The number of pyridine rings is 1. The molecule has 2 heterocycles. The predicted molar refractivity (Wildman–Crippen MR) is 99.6 cm³/mol. The molecule has 6 heteroatoms. The van der Waals surface area contributed by atoms with E-state index in [1.54, 1.807) is 25.4 Å². The summed E-state index contributed by atoms with van der Waals surface area (Å²) in [5.74, 6) is 3.43. The van der Waals surface area contributed by atoms with E-state index in [0.29, 0.717) is 24.4 Å². The number of methoxy groups -OCH3 is 1. The summed E-state index contributed by atoms with van der Waals surface area (Å²) in [6.07, 6.45) is 3.56. The molecule has 25 heavy (non-hydrogen) atoms. The number of thioether (sulfide) groups is 1. The molecule has 0 saturated carbocycles. The highest BCUT2D eigenvalue weighted by Gasteiger charge is 2.17. The van der Waals surface area contributed by atoms with E-state index in [2.05, 4.69) is 10.3 Å². The molecule has 0 aliphatic carbocycles. The van der Waals surface area contributed by atoms with Gasteiger partial charge in [0, 0.05) is 24.6 Å². The van der Waals surface area contributed by atoms with E-state index < -0.39 is 0 Å². The summed E-state index contributed by atoms with van der Waals surface area (Å²) in [6, 6.07) is 11.3. The first-order valence-electron chi connectivity index (χ1n) is 8.37. The van der Waals surface area contributed by atoms with Gasteiger partial charge in [0.15, 0.2) is 0 Å². The minimum Gasteiger partial charge on any atom is -0.496 e. The molecule has 1 N–H and O–H groups in total. The molecule has 1 amide bonds. The van der Waals surface area contributed by atoms with Crippen molar-refractivity contribution < 1.29 is 14.3 Å². The molecule has 1 aromatic carbocycles. The Hall–Kier alpha value is -2.21. The van der Waals surface area contributed by atoms with Gasteiger partial charge in [-0.3, -0.25) is 4.79 Å². The maximum atomic E-state index is 12.2. The number of benzene rings is 1. The van der Waals surface area contributed by atoms with Gasteiger partial charge in [0.2, 0.25) is 5.88 Å². The second-order valence-electron chi connectivity index (χ2n) is 5.81. The van der Waals surface area contributed by atoms with Crippen molar-refractivity contribution in [2.45, 2.75) is 18.9 Å². The molecule has 1 saturated heterocycles. The predicted octanol–water partition coefficient (Wildman–Crippen LogP) is 2.95. The fourth-order valence-electron chi connectivity index (χ4n) is 2.68. The average Bonchev–Trinajstić information content (AvgIpc) is 3.15. The largest absolute Gasteiger partial charge is 0.496 e. The topological polar surface area (TPSA) is 60.5 Å². The number of amides is 1. The molecule has 3 rings (SSSR count). The van der Waals surface area contributed by atoms with Crippen LogP contribution in [0.1, 0.15) is 22.3 Å². The monoisotopic (exact) mass is 358 g/mol. The number of hydrogen-bond acceptors (Lipinski definition) is 5. The third-order valence-electron chi connectivity index (χ3n) is 4.05. The summed E-state index contributed by atoms with van der Waals surface area (Å²) in [5.41, 5.74) is 1.61. The van der Waals surface area contributed by atoms with E-state index in [1.807, 2.05) is 36.0 Å². The fourth-order valence-corrected chi connectivity index (χ4v) is 3.78. The van der Waals surface area contributed by atoms with Crippen molar-refractivity contribution in [3.05, 3.63) is 53.7 Å². The first-order valence-corrected chi connectivity index (χ1v) is 9.52. The van der Waals surface area contributed by atoms with Crippen LogP contribution in [0.4, 0.5) is 0 Å². The Morgan fingerprint density at radius 1 is 1.32 bits per heavy atom. The Morgan fingerprint density at radius 2 is 2.20 bits per heavy atom. The van der Waals surface area contributed by atoms with E-state index in [0.717, 1.165) is 29.2 Å². The van der Waals surface area contributed by atoms with Gasteiger partial charge >= 0.3 is 0 Å². The average molecular weight is 358 g/mol. The van der Waals surface area contributed by atoms with Crippen LogP contribution in [0.15, 0.2) is 42.6 Å². The Bertz CT molecular complexity index is 700. The zero-order valence-corrected chi connectivity index (χ0v) is 15.1. The summed E-state index contributed by atoms with van der Waals surface area (Å²) < 4.78 is 11.1. The van der Waals surface area contributed by atoms with Gasteiger partial charge in [-0.2, -0.15) is 11.8 Å². The molecular formula is C19H22N2O3S. The minimum atomic E-state index is -0.134. The lowest BCUT2D eigenvalue weighted by molar-refractivity contribution is 0.0953. The Kier molecular flexibility index (Phi) is 6.17. The number of nitrogens with one attached hydrogen (secondary N) is 1. The number of hydrogen-bond donors (Lipinski definition) is 1. The van der Waals surface area contributed by atoms with Crippen LogP contribution in [0.25, 0.3) is 0 Å². The van der Waals surface area contributed by atoms with Crippen molar-refractivity contribution in [2.24, 2.45) is 0 Å². The van der Waals surface area contributed by atoms with E-state index in [9.17, 15) is 4.79 Å². The summed E-state index contributed by atoms with van der Waals surface area (Å²) in [7, 11) is 1.65. The number of para-hydroxylation sites is 1. The zero-order valence-electron chi connectivity index (χ0n) is 14.2. The van der Waals surface area contributed by atoms with Crippen LogP contribution in [-0.4, -0.2) is 42.2 Å². The third kappa shape index (κ3) is 4.89. The SMILES string of the molecule is COc1ccccc1CCNC(=O)c1ccc(O[C@@H]2CCSC2)nc1. The van der Waals surface area contributed by atoms with E-state index in [-0.39, 0.29) is 12.0 Å². The van der Waals surface area contributed by atoms with Crippen molar-refractivity contribution in [3.63, 3.8) is 0 Å². The van der Waals surface area contributed by atoms with Crippen LogP contribution >= 0.6 is 11.8 Å². The van der Waals surface area contributed by atoms with Crippen molar-refractivity contribution in [2.75, 3.05) is 25.2 Å². The lowest BCUT2D eigenvalue weighted by atomic mass is 10.1. The molecule has 1 aliphatic rings. The summed E-state index contributed by atoms with van der Waals surface area (Å²) in [6.45, 7) is 0.538. The Balaban J connectivity index is 1.49. The second kappa shape index (κ2) is 8.76. The van der Waals surface area contributed by atoms with Crippen LogP contribution in [0.5, 0.6) is 11.6 Å². The highest BCUT2D eigenvalue weighted by molar-refractivity contribution is 7.99. The van der Waals surface area contributed by atoms with Gasteiger partial charge in [0.25, 0.3) is 5.91 Å². The van der Waals surface area contributed by atoms with E-state index in [1.165, 1.54) is 0 Å². The molecular weight excluding hydrogens is 336 g/mol. The van der Waals surface area contributed by atoms with Crippen molar-refractivity contribution in [3.8, 4) is 11.6 Å². The van der Waals surface area contributed by atoms with Gasteiger partial charge in [-0.25, -0.2) is 4.98 Å². The maximum Gasteiger partial charge on any atom is 0.252 e. The first-order chi connectivity index (χ1) is 12.3. The quantitative estimate of drug-likeness (QED) is 0.825. The molecule has 0 unspecified atom stereocenters. The Morgan fingerprint density at radius 3 is 2.92 bits per heavy atom. The Labute approximate surface area is 152 Å². The smallest absolute Gasteiger partial charge is 0.252 e. The molecule has 1 atom stereocenters. The van der Waals surface area contributed by atoms with Crippen molar-refractivity contribution >= 4 is 17.7 Å². The summed E-state index contributed by atoms with van der Waals surface area (Å²) in [4.78, 5) is 16.5. The van der Waals surface area contributed by atoms with E-state index in [4.69, 9.17) is 9.47 Å². The lowest BCUT2D eigenvalue weighted by Gasteiger charge is -2.12. The number of ether oxygens (including phenoxy) is 2. The van der Waals surface area contributed by atoms with Gasteiger partial charge in [0.05, 0.1) is 12.7 Å². The standard InChI is InChI=1S/C19H22N2O3S/c1-23-17-5-3-2-4-14(17)8-10-20-19(22)15-6-7-18(21-12-15)24-16-9-11-25-13-16/h2-7,12,16H,8-11,13H2,1H3,(H,20,22)/t16-/m1/s1. The lowest BCUT2D eigenvalue weighted by Crippen LogP contribution is -2.26. The number of nitrogens with zero attached hydrogens (tertiary/aromatic N) is 1. The second-order valence-corrected chi connectivity index (χ2v) is 6.96. The number of rotatable bonds is 7. The van der Waals surface area contributed by atoms with E-state index >= 15 is 0 Å². The molecule has 0 radical (unpaired) electrons. The normalized spacial score (nSPS) is 16.4. The highest BCUT2D eigenvalue weighted by atomic mass is 32.2. The molecule has 0 bridgehead atoms. The molecule has 1 aromatic heterocycles. The molecule has 5 nitrogen and oxygen atoms in total. The van der Waals surface area contributed by atoms with Gasteiger partial charge in [-0.1, -0.05) is 18.2 Å². The highest BCUT2D eigenvalue weighted by Crippen LogP contribution is 2.22. The van der Waals surface area contributed by atoms with Crippen LogP contribution in [0, 0.1) is 0 Å². The minimum absolute atomic E-state index is 0.134. The molecule has 0 spiro atoms. The third-order valence-corrected chi connectivity index (χ3v) is 5.18. The molecule has 1 aliphatic heterocycles.